The summed E-state index contributed by atoms with van der Waals surface area (Å²) in [6.07, 6.45) is 3.23. The molecule has 1 aromatic heterocycles. The standard InChI is InChI=1S/C26H24N2O6/c1-32-18-8-5-4-7-17(18)23-22(24(29)21-19(33-2)9-6-10-20(21)34-3)25(30)26(31)28(23)15-16-11-13-27-14-12-16/h4-14,23,29H,15H2,1-3H3/b24-22+. The molecule has 1 fully saturated rings. The van der Waals surface area contributed by atoms with Gasteiger partial charge in [-0.15, -0.1) is 0 Å². The Morgan fingerprint density at radius 2 is 1.47 bits per heavy atom. The van der Waals surface area contributed by atoms with Crippen molar-refractivity contribution in [3.63, 3.8) is 0 Å². The molecule has 1 aliphatic heterocycles. The highest BCUT2D eigenvalue weighted by Gasteiger charge is 2.47. The van der Waals surface area contributed by atoms with Crippen LogP contribution in [0.4, 0.5) is 0 Å². The molecule has 1 aliphatic rings. The minimum Gasteiger partial charge on any atom is -0.506 e. The molecule has 0 bridgehead atoms. The zero-order valence-corrected chi connectivity index (χ0v) is 19.0. The molecule has 4 rings (SSSR count). The van der Waals surface area contributed by atoms with Crippen LogP contribution < -0.4 is 14.2 Å². The van der Waals surface area contributed by atoms with E-state index >= 15 is 0 Å². The molecule has 0 saturated carbocycles. The van der Waals surface area contributed by atoms with Gasteiger partial charge in [-0.25, -0.2) is 0 Å². The Kier molecular flexibility index (Phi) is 6.49. The van der Waals surface area contributed by atoms with Gasteiger partial charge >= 0.3 is 0 Å². The van der Waals surface area contributed by atoms with Crippen molar-refractivity contribution in [2.24, 2.45) is 0 Å². The lowest BCUT2D eigenvalue weighted by molar-refractivity contribution is -0.140. The number of amides is 1. The third kappa shape index (κ3) is 3.94. The van der Waals surface area contributed by atoms with E-state index in [2.05, 4.69) is 4.98 Å². The minimum absolute atomic E-state index is 0.0774. The number of hydrogen-bond acceptors (Lipinski definition) is 7. The molecular formula is C26H24N2O6. The van der Waals surface area contributed by atoms with Gasteiger partial charge in [0.25, 0.3) is 11.7 Å². The maximum Gasteiger partial charge on any atom is 0.295 e. The Balaban J connectivity index is 1.97. The summed E-state index contributed by atoms with van der Waals surface area (Å²) in [7, 11) is 4.41. The molecule has 174 valence electrons. The molecule has 1 saturated heterocycles. The van der Waals surface area contributed by atoms with Crippen molar-refractivity contribution in [1.29, 1.82) is 0 Å². The van der Waals surface area contributed by atoms with Crippen LogP contribution in [0.3, 0.4) is 0 Å². The van der Waals surface area contributed by atoms with Gasteiger partial charge in [-0.05, 0) is 35.9 Å². The first-order valence-corrected chi connectivity index (χ1v) is 10.5. The molecule has 34 heavy (non-hydrogen) atoms. The summed E-state index contributed by atoms with van der Waals surface area (Å²) < 4.78 is 16.4. The molecule has 0 spiro atoms. The quantitative estimate of drug-likeness (QED) is 0.326. The Labute approximate surface area is 197 Å². The monoisotopic (exact) mass is 460 g/mol. The molecule has 0 aliphatic carbocycles. The number of methoxy groups -OCH3 is 3. The van der Waals surface area contributed by atoms with Gasteiger partial charge in [0.05, 0.1) is 32.9 Å². The average Bonchev–Trinajstić information content (AvgIpc) is 3.13. The van der Waals surface area contributed by atoms with Gasteiger partial charge in [-0.2, -0.15) is 0 Å². The number of nitrogens with zero attached hydrogens (tertiary/aromatic N) is 2. The van der Waals surface area contributed by atoms with E-state index in [1.165, 1.54) is 26.2 Å². The molecular weight excluding hydrogens is 436 g/mol. The van der Waals surface area contributed by atoms with Gasteiger partial charge in [0.1, 0.15) is 28.6 Å². The van der Waals surface area contributed by atoms with Crippen LogP contribution in [0, 0.1) is 0 Å². The first-order chi connectivity index (χ1) is 16.5. The van der Waals surface area contributed by atoms with Crippen molar-refractivity contribution in [2.75, 3.05) is 21.3 Å². The summed E-state index contributed by atoms with van der Waals surface area (Å²) >= 11 is 0. The van der Waals surface area contributed by atoms with Crippen molar-refractivity contribution in [2.45, 2.75) is 12.6 Å². The van der Waals surface area contributed by atoms with Crippen LogP contribution in [-0.2, 0) is 16.1 Å². The predicted octanol–water partition coefficient (Wildman–Crippen LogP) is 3.73. The SMILES string of the molecule is COc1ccccc1C1/C(=C(\O)c2c(OC)cccc2OC)C(=O)C(=O)N1Cc1ccncc1. The lowest BCUT2D eigenvalue weighted by Gasteiger charge is -2.27. The summed E-state index contributed by atoms with van der Waals surface area (Å²) in [6.45, 7) is 0.135. The van der Waals surface area contributed by atoms with Crippen LogP contribution in [0.25, 0.3) is 5.76 Å². The van der Waals surface area contributed by atoms with E-state index in [9.17, 15) is 14.7 Å². The molecule has 8 heteroatoms. The number of benzene rings is 2. The van der Waals surface area contributed by atoms with Crippen molar-refractivity contribution in [3.8, 4) is 17.2 Å². The number of carbonyl (C=O) groups is 2. The smallest absolute Gasteiger partial charge is 0.295 e. The maximum atomic E-state index is 13.4. The van der Waals surface area contributed by atoms with E-state index in [4.69, 9.17) is 14.2 Å². The number of ketones is 1. The lowest BCUT2D eigenvalue weighted by atomic mass is 9.94. The van der Waals surface area contributed by atoms with Gasteiger partial charge < -0.3 is 24.2 Å². The number of carbonyl (C=O) groups excluding carboxylic acids is 2. The number of Topliss-reactive ketones (excluding diaryl/α,β-unsaturated/α-hetero) is 1. The molecule has 1 N–H and O–H groups in total. The Hall–Kier alpha value is -4.33. The zero-order chi connectivity index (χ0) is 24.2. The Bertz CT molecular complexity index is 1230. The first kappa shape index (κ1) is 22.8. The second-order valence-corrected chi connectivity index (χ2v) is 7.56. The van der Waals surface area contributed by atoms with E-state index in [0.29, 0.717) is 22.8 Å². The number of aliphatic hydroxyl groups excluding tert-OH is 1. The van der Waals surface area contributed by atoms with Crippen LogP contribution in [0.15, 0.2) is 72.6 Å². The van der Waals surface area contributed by atoms with Crippen LogP contribution in [0.5, 0.6) is 17.2 Å². The van der Waals surface area contributed by atoms with E-state index in [1.807, 2.05) is 0 Å². The number of likely N-dealkylation sites (tertiary alicyclic amines) is 1. The second kappa shape index (κ2) is 9.66. The highest BCUT2D eigenvalue weighted by molar-refractivity contribution is 6.46. The molecule has 3 aromatic rings. The fourth-order valence-electron chi connectivity index (χ4n) is 4.16. The number of aliphatic hydroxyl groups is 1. The number of rotatable bonds is 7. The van der Waals surface area contributed by atoms with Gasteiger partial charge in [-0.3, -0.25) is 14.6 Å². The van der Waals surface area contributed by atoms with Crippen molar-refractivity contribution in [1.82, 2.24) is 9.88 Å². The fourth-order valence-corrected chi connectivity index (χ4v) is 4.16. The molecule has 0 radical (unpaired) electrons. The molecule has 2 aromatic carbocycles. The maximum absolute atomic E-state index is 13.4. The first-order valence-electron chi connectivity index (χ1n) is 10.5. The van der Waals surface area contributed by atoms with E-state index < -0.39 is 17.7 Å². The van der Waals surface area contributed by atoms with Crippen LogP contribution in [0.1, 0.15) is 22.7 Å². The number of para-hydroxylation sites is 1. The third-order valence-corrected chi connectivity index (χ3v) is 5.74. The van der Waals surface area contributed by atoms with E-state index in [1.54, 1.807) is 67.0 Å². The summed E-state index contributed by atoms with van der Waals surface area (Å²) in [5.41, 5.74) is 1.46. The van der Waals surface area contributed by atoms with Gasteiger partial charge in [0.2, 0.25) is 0 Å². The molecule has 1 atom stereocenters. The highest BCUT2D eigenvalue weighted by atomic mass is 16.5. The van der Waals surface area contributed by atoms with Crippen LogP contribution in [0.2, 0.25) is 0 Å². The van der Waals surface area contributed by atoms with E-state index in [-0.39, 0.29) is 23.4 Å². The number of hydrogen-bond donors (Lipinski definition) is 1. The van der Waals surface area contributed by atoms with Crippen LogP contribution >= 0.6 is 0 Å². The van der Waals surface area contributed by atoms with Crippen molar-refractivity contribution < 1.29 is 28.9 Å². The third-order valence-electron chi connectivity index (χ3n) is 5.74. The molecule has 2 heterocycles. The van der Waals surface area contributed by atoms with Gasteiger partial charge in [0.15, 0.2) is 0 Å². The number of aromatic nitrogens is 1. The van der Waals surface area contributed by atoms with Gasteiger partial charge in [0, 0.05) is 24.5 Å². The number of ether oxygens (including phenoxy) is 3. The lowest BCUT2D eigenvalue weighted by Crippen LogP contribution is -2.29. The Morgan fingerprint density at radius 3 is 2.09 bits per heavy atom. The topological polar surface area (TPSA) is 98.2 Å². The van der Waals surface area contributed by atoms with Crippen LogP contribution in [-0.4, -0.2) is 48.0 Å². The summed E-state index contributed by atoms with van der Waals surface area (Å²) in [6, 6.07) is 14.7. The molecule has 1 unspecified atom stereocenters. The molecule has 1 amide bonds. The van der Waals surface area contributed by atoms with Gasteiger partial charge in [-0.1, -0.05) is 24.3 Å². The zero-order valence-electron chi connectivity index (χ0n) is 19.0. The highest BCUT2D eigenvalue weighted by Crippen LogP contribution is 2.45. The summed E-state index contributed by atoms with van der Waals surface area (Å²) in [4.78, 5) is 32.1. The predicted molar refractivity (Wildman–Crippen MR) is 125 cm³/mol. The molecule has 8 nitrogen and oxygen atoms in total. The summed E-state index contributed by atoms with van der Waals surface area (Å²) in [5, 5.41) is 11.5. The average molecular weight is 460 g/mol. The van der Waals surface area contributed by atoms with E-state index in [0.717, 1.165) is 5.56 Å². The second-order valence-electron chi connectivity index (χ2n) is 7.56. The summed E-state index contributed by atoms with van der Waals surface area (Å²) in [5.74, 6) is -0.849. The minimum atomic E-state index is -0.904. The normalized spacial score (nSPS) is 17.0. The number of pyridine rings is 1. The largest absolute Gasteiger partial charge is 0.506 e. The van der Waals surface area contributed by atoms with Crippen molar-refractivity contribution >= 4 is 17.4 Å². The van der Waals surface area contributed by atoms with Crippen molar-refractivity contribution in [3.05, 3.63) is 89.3 Å². The fraction of sp³-hybridized carbons (Fsp3) is 0.192. The Morgan fingerprint density at radius 1 is 0.882 bits per heavy atom.